The molecule has 2 aliphatic heterocycles. The minimum atomic E-state index is -0.478. The van der Waals surface area contributed by atoms with E-state index in [9.17, 15) is 9.59 Å². The highest BCUT2D eigenvalue weighted by Crippen LogP contribution is 2.27. The molecule has 0 spiro atoms. The summed E-state index contributed by atoms with van der Waals surface area (Å²) < 4.78 is 14.8. The van der Waals surface area contributed by atoms with Gasteiger partial charge in [0, 0.05) is 32.7 Å². The van der Waals surface area contributed by atoms with Crippen LogP contribution in [0.1, 0.15) is 42.7 Å². The lowest BCUT2D eigenvalue weighted by Gasteiger charge is -2.39. The first-order valence-electron chi connectivity index (χ1n) is 9.85. The number of hydrogen-bond donors (Lipinski definition) is 1. The number of methoxy groups -OCH3 is 1. The molecule has 3 rings (SSSR count). The van der Waals surface area contributed by atoms with E-state index in [1.54, 1.807) is 6.92 Å². The van der Waals surface area contributed by atoms with Crippen LogP contribution in [0.3, 0.4) is 0 Å². The Hall–Kier alpha value is -1.71. The van der Waals surface area contributed by atoms with Gasteiger partial charge in [-0.3, -0.25) is 10.2 Å². The molecule has 156 valence electrons. The van der Waals surface area contributed by atoms with Crippen LogP contribution in [0.15, 0.2) is 0 Å². The van der Waals surface area contributed by atoms with E-state index >= 15 is 0 Å². The summed E-state index contributed by atoms with van der Waals surface area (Å²) in [4.78, 5) is 28.9. The molecule has 0 radical (unpaired) electrons. The standard InChI is InChI=1S/C19H30N4O4S/c1-12-9-22(10-13(2)27-12)11-15-5-7-23(8-6-15)19(25)20-17-16(18(24)26-4)14(3)21-28-17/h12-13,15H,5-11H2,1-4H3,(H,20,25)/t12-,13+. The summed E-state index contributed by atoms with van der Waals surface area (Å²) in [5.74, 6) is 0.118. The largest absolute Gasteiger partial charge is 0.465 e. The molecule has 2 fully saturated rings. The number of carbonyl (C=O) groups is 2. The topological polar surface area (TPSA) is 84.0 Å². The summed E-state index contributed by atoms with van der Waals surface area (Å²) in [6.07, 6.45) is 2.53. The van der Waals surface area contributed by atoms with Crippen molar-refractivity contribution < 1.29 is 19.1 Å². The van der Waals surface area contributed by atoms with Gasteiger partial charge in [0.15, 0.2) is 0 Å². The number of morpholine rings is 1. The Labute approximate surface area is 170 Å². The summed E-state index contributed by atoms with van der Waals surface area (Å²) in [7, 11) is 1.33. The van der Waals surface area contributed by atoms with Gasteiger partial charge in [-0.25, -0.2) is 9.59 Å². The lowest BCUT2D eigenvalue weighted by Crippen LogP contribution is -2.49. The molecule has 1 N–H and O–H groups in total. The van der Waals surface area contributed by atoms with Gasteiger partial charge >= 0.3 is 12.0 Å². The van der Waals surface area contributed by atoms with Crippen LogP contribution in [0.4, 0.5) is 9.80 Å². The number of carbonyl (C=O) groups excluding carboxylic acids is 2. The second-order valence-electron chi connectivity index (χ2n) is 7.80. The number of anilines is 1. The van der Waals surface area contributed by atoms with E-state index in [0.717, 1.165) is 57.1 Å². The molecule has 8 nitrogen and oxygen atoms in total. The van der Waals surface area contributed by atoms with Crippen LogP contribution in [0, 0.1) is 12.8 Å². The van der Waals surface area contributed by atoms with Crippen molar-refractivity contribution in [3.63, 3.8) is 0 Å². The lowest BCUT2D eigenvalue weighted by atomic mass is 9.96. The number of nitrogens with zero attached hydrogens (tertiary/aromatic N) is 3. The molecule has 0 bridgehead atoms. The van der Waals surface area contributed by atoms with Gasteiger partial charge in [-0.15, -0.1) is 0 Å². The molecule has 2 amide bonds. The first-order chi connectivity index (χ1) is 13.4. The monoisotopic (exact) mass is 410 g/mol. The second kappa shape index (κ2) is 9.19. The minimum absolute atomic E-state index is 0.180. The van der Waals surface area contributed by atoms with Gasteiger partial charge in [0.2, 0.25) is 0 Å². The van der Waals surface area contributed by atoms with Gasteiger partial charge < -0.3 is 14.4 Å². The van der Waals surface area contributed by atoms with Gasteiger partial charge in [0.1, 0.15) is 10.6 Å². The van der Waals surface area contributed by atoms with Crippen LogP contribution in [-0.2, 0) is 9.47 Å². The predicted octanol–water partition coefficient (Wildman–Crippen LogP) is 2.59. The van der Waals surface area contributed by atoms with Gasteiger partial charge in [0.25, 0.3) is 0 Å². The van der Waals surface area contributed by atoms with Crippen LogP contribution in [0.2, 0.25) is 0 Å². The van der Waals surface area contributed by atoms with E-state index in [2.05, 4.69) is 28.4 Å². The van der Waals surface area contributed by atoms with Crippen LogP contribution in [-0.4, -0.2) is 78.2 Å². The predicted molar refractivity (Wildman–Crippen MR) is 108 cm³/mol. The van der Waals surface area contributed by atoms with Crippen molar-refractivity contribution in [2.45, 2.75) is 45.8 Å². The van der Waals surface area contributed by atoms with Crippen molar-refractivity contribution in [3.05, 3.63) is 11.3 Å². The molecule has 1 aromatic heterocycles. The SMILES string of the molecule is COC(=O)c1c(C)nsc1NC(=O)N1CCC(CN2C[C@@H](C)O[C@@H](C)C2)CC1. The van der Waals surface area contributed by atoms with Crippen LogP contribution in [0.25, 0.3) is 0 Å². The molecule has 0 aliphatic carbocycles. The Balaban J connectivity index is 1.50. The molecule has 1 aromatic rings. The smallest absolute Gasteiger partial charge is 0.342 e. The first-order valence-corrected chi connectivity index (χ1v) is 10.6. The van der Waals surface area contributed by atoms with Gasteiger partial charge in [-0.2, -0.15) is 4.37 Å². The van der Waals surface area contributed by atoms with Crippen molar-refractivity contribution in [1.29, 1.82) is 0 Å². The van der Waals surface area contributed by atoms with Crippen molar-refractivity contribution in [2.75, 3.05) is 45.2 Å². The lowest BCUT2D eigenvalue weighted by molar-refractivity contribution is -0.0728. The number of aryl methyl sites for hydroxylation is 1. The van der Waals surface area contributed by atoms with E-state index in [1.807, 2.05) is 4.90 Å². The Morgan fingerprint density at radius 1 is 1.25 bits per heavy atom. The number of ether oxygens (including phenoxy) is 2. The van der Waals surface area contributed by atoms with Gasteiger partial charge in [0.05, 0.1) is 25.0 Å². The molecule has 9 heteroatoms. The molecule has 2 aliphatic rings. The van der Waals surface area contributed by atoms with Crippen LogP contribution >= 0.6 is 11.5 Å². The third-order valence-electron chi connectivity index (χ3n) is 5.39. The number of aromatic nitrogens is 1. The summed E-state index contributed by atoms with van der Waals surface area (Å²) in [6.45, 7) is 10.4. The number of nitrogens with one attached hydrogen (secondary N) is 1. The number of esters is 1. The van der Waals surface area contributed by atoms with Crippen molar-refractivity contribution >= 4 is 28.5 Å². The maximum atomic E-state index is 12.6. The van der Waals surface area contributed by atoms with E-state index in [1.165, 1.54) is 7.11 Å². The zero-order valence-electron chi connectivity index (χ0n) is 17.1. The average molecular weight is 411 g/mol. The highest BCUT2D eigenvalue weighted by molar-refractivity contribution is 7.11. The van der Waals surface area contributed by atoms with Crippen molar-refractivity contribution in [1.82, 2.24) is 14.2 Å². The van der Waals surface area contributed by atoms with Crippen LogP contribution < -0.4 is 5.32 Å². The van der Waals surface area contributed by atoms with Gasteiger partial charge in [-0.05, 0) is 51.1 Å². The van der Waals surface area contributed by atoms with Crippen molar-refractivity contribution in [3.8, 4) is 0 Å². The quantitative estimate of drug-likeness (QED) is 0.768. The Bertz CT molecular complexity index is 692. The third kappa shape index (κ3) is 5.01. The average Bonchev–Trinajstić information content (AvgIpc) is 3.01. The minimum Gasteiger partial charge on any atom is -0.465 e. The maximum Gasteiger partial charge on any atom is 0.342 e. The fraction of sp³-hybridized carbons (Fsp3) is 0.737. The molecule has 0 unspecified atom stereocenters. The van der Waals surface area contributed by atoms with E-state index in [0.29, 0.717) is 22.2 Å². The number of hydrogen-bond acceptors (Lipinski definition) is 7. The molecule has 0 saturated carbocycles. The number of piperidine rings is 1. The first kappa shape index (κ1) is 21.0. The normalized spacial score (nSPS) is 24.2. The Kier molecular flexibility index (Phi) is 6.90. The summed E-state index contributed by atoms with van der Waals surface area (Å²) >= 11 is 1.11. The molecular formula is C19H30N4O4S. The van der Waals surface area contributed by atoms with Crippen molar-refractivity contribution in [2.24, 2.45) is 5.92 Å². The Morgan fingerprint density at radius 2 is 1.89 bits per heavy atom. The third-order valence-corrected chi connectivity index (χ3v) is 6.24. The molecule has 0 aromatic carbocycles. The van der Waals surface area contributed by atoms with E-state index in [4.69, 9.17) is 9.47 Å². The highest BCUT2D eigenvalue weighted by atomic mass is 32.1. The zero-order chi connectivity index (χ0) is 20.3. The summed E-state index contributed by atoms with van der Waals surface area (Å²) in [5, 5.41) is 3.29. The van der Waals surface area contributed by atoms with E-state index < -0.39 is 5.97 Å². The molecule has 3 heterocycles. The number of urea groups is 1. The maximum absolute atomic E-state index is 12.6. The highest BCUT2D eigenvalue weighted by Gasteiger charge is 2.29. The number of likely N-dealkylation sites (tertiary alicyclic amines) is 1. The summed E-state index contributed by atoms with van der Waals surface area (Å²) in [5.41, 5.74) is 0.908. The van der Waals surface area contributed by atoms with Gasteiger partial charge in [-0.1, -0.05) is 0 Å². The van der Waals surface area contributed by atoms with Crippen LogP contribution in [0.5, 0.6) is 0 Å². The van der Waals surface area contributed by atoms with E-state index in [-0.39, 0.29) is 18.2 Å². The fourth-order valence-corrected chi connectivity index (χ4v) is 4.87. The number of amides is 2. The molecular weight excluding hydrogens is 380 g/mol. The molecule has 28 heavy (non-hydrogen) atoms. The second-order valence-corrected chi connectivity index (χ2v) is 8.57. The molecule has 2 atom stereocenters. The Morgan fingerprint density at radius 3 is 2.50 bits per heavy atom. The fourth-order valence-electron chi connectivity index (χ4n) is 4.09. The zero-order valence-corrected chi connectivity index (χ0v) is 17.9. The summed E-state index contributed by atoms with van der Waals surface area (Å²) in [6, 6.07) is -0.180. The number of rotatable bonds is 4. The molecule has 2 saturated heterocycles.